The molecule has 1 aliphatic carbocycles. The molecule has 1 fully saturated rings. The van der Waals surface area contributed by atoms with Crippen molar-refractivity contribution in [2.24, 2.45) is 11.8 Å². The number of anilines is 1. The Morgan fingerprint density at radius 1 is 1.16 bits per heavy atom. The summed E-state index contributed by atoms with van der Waals surface area (Å²) in [5.41, 5.74) is 0.807. The third kappa shape index (κ3) is 4.81. The number of hydrogen-bond donors (Lipinski definition) is 3. The Morgan fingerprint density at radius 2 is 1.80 bits per heavy atom. The monoisotopic (exact) mass is 346 g/mol. The molecule has 0 spiro atoms. The molecule has 1 saturated carbocycles. The topological polar surface area (TPSA) is 95.5 Å². The molecule has 6 nitrogen and oxygen atoms in total. The van der Waals surface area contributed by atoms with Gasteiger partial charge in [0.05, 0.1) is 23.1 Å². The summed E-state index contributed by atoms with van der Waals surface area (Å²) in [5.74, 6) is -2.71. The van der Waals surface area contributed by atoms with Crippen LogP contribution in [0.4, 0.5) is 5.69 Å². The number of aliphatic carboxylic acids is 1. The zero-order chi connectivity index (χ0) is 18.4. The summed E-state index contributed by atoms with van der Waals surface area (Å²) in [4.78, 5) is 36.4. The number of para-hydroxylation sites is 1. The van der Waals surface area contributed by atoms with Gasteiger partial charge in [-0.1, -0.05) is 31.9 Å². The lowest BCUT2D eigenvalue weighted by Crippen LogP contribution is -2.37. The van der Waals surface area contributed by atoms with Gasteiger partial charge in [-0.25, -0.2) is 0 Å². The fourth-order valence-electron chi connectivity index (χ4n) is 3.16. The Balaban J connectivity index is 2.15. The first-order chi connectivity index (χ1) is 11.9. The molecule has 0 aromatic heterocycles. The Bertz CT molecular complexity index is 644. The number of amides is 2. The van der Waals surface area contributed by atoms with Crippen molar-refractivity contribution in [3.63, 3.8) is 0 Å². The third-order valence-electron chi connectivity index (χ3n) is 4.84. The van der Waals surface area contributed by atoms with Gasteiger partial charge in [-0.3, -0.25) is 14.4 Å². The molecule has 0 aliphatic heterocycles. The van der Waals surface area contributed by atoms with Crippen molar-refractivity contribution in [3.8, 4) is 0 Å². The number of carboxylic acid groups (broad SMARTS) is 1. The highest BCUT2D eigenvalue weighted by molar-refractivity contribution is 6.04. The smallest absolute Gasteiger partial charge is 0.307 e. The number of carbonyl (C=O) groups excluding carboxylic acids is 2. The normalized spacial score (nSPS) is 21.2. The molecule has 25 heavy (non-hydrogen) atoms. The van der Waals surface area contributed by atoms with Crippen LogP contribution >= 0.6 is 0 Å². The third-order valence-corrected chi connectivity index (χ3v) is 4.84. The van der Waals surface area contributed by atoms with Crippen molar-refractivity contribution in [2.45, 2.75) is 52.0 Å². The van der Waals surface area contributed by atoms with E-state index in [2.05, 4.69) is 10.6 Å². The number of carboxylic acids is 1. The molecule has 3 N–H and O–H groups in total. The van der Waals surface area contributed by atoms with Crippen LogP contribution < -0.4 is 10.6 Å². The van der Waals surface area contributed by atoms with Crippen molar-refractivity contribution in [3.05, 3.63) is 29.8 Å². The van der Waals surface area contributed by atoms with Crippen LogP contribution in [0.15, 0.2) is 24.3 Å². The highest BCUT2D eigenvalue weighted by Gasteiger charge is 2.36. The van der Waals surface area contributed by atoms with E-state index in [1.807, 2.05) is 13.8 Å². The molecule has 2 amide bonds. The lowest BCUT2D eigenvalue weighted by atomic mass is 9.78. The van der Waals surface area contributed by atoms with Gasteiger partial charge in [0.1, 0.15) is 0 Å². The fraction of sp³-hybridized carbons (Fsp3) is 0.526. The maximum atomic E-state index is 12.6. The lowest BCUT2D eigenvalue weighted by Gasteiger charge is -2.27. The maximum absolute atomic E-state index is 12.6. The molecule has 3 atom stereocenters. The van der Waals surface area contributed by atoms with E-state index < -0.39 is 17.8 Å². The van der Waals surface area contributed by atoms with Gasteiger partial charge in [0.25, 0.3) is 5.91 Å². The molecule has 0 radical (unpaired) electrons. The van der Waals surface area contributed by atoms with E-state index in [9.17, 15) is 19.5 Å². The lowest BCUT2D eigenvalue weighted by molar-refractivity contribution is -0.147. The van der Waals surface area contributed by atoms with E-state index >= 15 is 0 Å². The van der Waals surface area contributed by atoms with Gasteiger partial charge in [-0.05, 0) is 38.3 Å². The van der Waals surface area contributed by atoms with Crippen molar-refractivity contribution < 1.29 is 19.5 Å². The highest BCUT2D eigenvalue weighted by atomic mass is 16.4. The molecule has 1 aromatic carbocycles. The summed E-state index contributed by atoms with van der Waals surface area (Å²) in [5, 5.41) is 15.0. The van der Waals surface area contributed by atoms with Crippen LogP contribution in [0.2, 0.25) is 0 Å². The number of hydrogen-bond acceptors (Lipinski definition) is 3. The van der Waals surface area contributed by atoms with Crippen LogP contribution in [0.1, 0.15) is 56.3 Å². The molecule has 0 saturated heterocycles. The Hall–Kier alpha value is -2.37. The summed E-state index contributed by atoms with van der Waals surface area (Å²) >= 11 is 0. The quantitative estimate of drug-likeness (QED) is 0.738. The first-order valence-electron chi connectivity index (χ1n) is 8.87. The summed E-state index contributed by atoms with van der Waals surface area (Å²) < 4.78 is 0. The molecule has 1 aromatic rings. The van der Waals surface area contributed by atoms with E-state index in [0.717, 1.165) is 19.3 Å². The molecule has 0 unspecified atom stereocenters. The standard InChI is InChI=1S/C19H26N2O4/c1-3-12(2)20-18(23)15-10-6-7-11-16(15)21-17(22)13-8-4-5-9-14(13)19(24)25/h6-7,10-14H,3-5,8-9H2,1-2H3,(H,20,23)(H,21,22)(H,24,25)/t12-,13-,14-/m0/s1. The molecule has 1 aliphatic rings. The summed E-state index contributed by atoms with van der Waals surface area (Å²) in [6.45, 7) is 3.90. The minimum absolute atomic E-state index is 0.0333. The van der Waals surface area contributed by atoms with Crippen LogP contribution in [0.25, 0.3) is 0 Å². The Morgan fingerprint density at radius 3 is 2.44 bits per heavy atom. The first kappa shape index (κ1) is 19.0. The van der Waals surface area contributed by atoms with E-state index in [0.29, 0.717) is 24.1 Å². The molecule has 0 heterocycles. The summed E-state index contributed by atoms with van der Waals surface area (Å²) in [6, 6.07) is 6.84. The average molecular weight is 346 g/mol. The van der Waals surface area contributed by atoms with E-state index in [1.165, 1.54) is 0 Å². The SMILES string of the molecule is CC[C@H](C)NC(=O)c1ccccc1NC(=O)[C@H]1CCCC[C@@H]1C(=O)O. The summed E-state index contributed by atoms with van der Waals surface area (Å²) in [7, 11) is 0. The van der Waals surface area contributed by atoms with Crippen LogP contribution in [0.5, 0.6) is 0 Å². The molecule has 136 valence electrons. The molecular weight excluding hydrogens is 320 g/mol. The second-order valence-electron chi connectivity index (χ2n) is 6.65. The van der Waals surface area contributed by atoms with Crippen LogP contribution in [0.3, 0.4) is 0 Å². The van der Waals surface area contributed by atoms with Crippen molar-refractivity contribution in [1.29, 1.82) is 0 Å². The zero-order valence-electron chi connectivity index (χ0n) is 14.7. The van der Waals surface area contributed by atoms with Gasteiger partial charge in [0, 0.05) is 6.04 Å². The number of rotatable bonds is 6. The van der Waals surface area contributed by atoms with Crippen LogP contribution in [0, 0.1) is 11.8 Å². The van der Waals surface area contributed by atoms with E-state index in [1.54, 1.807) is 24.3 Å². The average Bonchev–Trinajstić information content (AvgIpc) is 2.61. The maximum Gasteiger partial charge on any atom is 0.307 e. The minimum atomic E-state index is -0.928. The van der Waals surface area contributed by atoms with Crippen molar-refractivity contribution in [2.75, 3.05) is 5.32 Å². The molecule has 6 heteroatoms. The van der Waals surface area contributed by atoms with Crippen molar-refractivity contribution in [1.82, 2.24) is 5.32 Å². The highest BCUT2D eigenvalue weighted by Crippen LogP contribution is 2.31. The first-order valence-corrected chi connectivity index (χ1v) is 8.87. The largest absolute Gasteiger partial charge is 0.481 e. The van der Waals surface area contributed by atoms with Crippen LogP contribution in [-0.2, 0) is 9.59 Å². The predicted molar refractivity (Wildman–Crippen MR) is 95.4 cm³/mol. The number of benzene rings is 1. The van der Waals surface area contributed by atoms with Gasteiger partial charge >= 0.3 is 5.97 Å². The number of nitrogens with one attached hydrogen (secondary N) is 2. The van der Waals surface area contributed by atoms with Crippen molar-refractivity contribution >= 4 is 23.5 Å². The van der Waals surface area contributed by atoms with Gasteiger partial charge in [0.15, 0.2) is 0 Å². The molecular formula is C19H26N2O4. The Kier molecular flexibility index (Phi) is 6.56. The van der Waals surface area contributed by atoms with Crippen LogP contribution in [-0.4, -0.2) is 28.9 Å². The fourth-order valence-corrected chi connectivity index (χ4v) is 3.16. The minimum Gasteiger partial charge on any atom is -0.481 e. The Labute approximate surface area is 148 Å². The molecule has 0 bridgehead atoms. The van der Waals surface area contributed by atoms with Gasteiger partial charge in [-0.15, -0.1) is 0 Å². The van der Waals surface area contributed by atoms with Gasteiger partial charge in [-0.2, -0.15) is 0 Å². The number of carbonyl (C=O) groups is 3. The predicted octanol–water partition coefficient (Wildman–Crippen LogP) is 3.04. The second kappa shape index (κ2) is 8.65. The second-order valence-corrected chi connectivity index (χ2v) is 6.65. The summed E-state index contributed by atoms with van der Waals surface area (Å²) in [6.07, 6.45) is 3.56. The van der Waals surface area contributed by atoms with E-state index in [4.69, 9.17) is 0 Å². The van der Waals surface area contributed by atoms with Gasteiger partial charge in [0.2, 0.25) is 5.91 Å². The zero-order valence-corrected chi connectivity index (χ0v) is 14.7. The van der Waals surface area contributed by atoms with E-state index in [-0.39, 0.29) is 17.9 Å². The van der Waals surface area contributed by atoms with Gasteiger partial charge < -0.3 is 15.7 Å². The molecule has 2 rings (SSSR count).